The van der Waals surface area contributed by atoms with Gasteiger partial charge in [0.05, 0.1) is 25.3 Å². The van der Waals surface area contributed by atoms with Crippen LogP contribution in [0, 0.1) is 0 Å². The molecule has 1 amide bonds. The van der Waals surface area contributed by atoms with Crippen LogP contribution in [0.25, 0.3) is 17.0 Å². The van der Waals surface area contributed by atoms with Crippen LogP contribution in [0.5, 0.6) is 23.0 Å². The molecule has 0 saturated carbocycles. The normalized spacial score (nSPS) is 16.7. The highest BCUT2D eigenvalue weighted by Gasteiger charge is 2.43. The minimum absolute atomic E-state index is 0.220. The fourth-order valence-corrected chi connectivity index (χ4v) is 4.86. The Morgan fingerprint density at radius 3 is 2.32 bits per heavy atom. The molecule has 0 bridgehead atoms. The number of fused-ring (bicyclic) bond motifs is 2. The lowest BCUT2D eigenvalue weighted by atomic mass is 9.67. The number of carbonyl (C=O) groups excluding carboxylic acids is 1. The molecule has 9 heteroatoms. The number of hydrogen-bond acceptors (Lipinski definition) is 5. The smallest absolute Gasteiger partial charge is 0.416 e. The van der Waals surface area contributed by atoms with Gasteiger partial charge in [0.1, 0.15) is 16.9 Å². The Balaban J connectivity index is 1.55. The lowest BCUT2D eigenvalue weighted by Crippen LogP contribution is -2.43. The first-order valence-electron chi connectivity index (χ1n) is 11.6. The number of alkyl halides is 3. The summed E-state index contributed by atoms with van der Waals surface area (Å²) in [7, 11) is 3.08. The van der Waals surface area contributed by atoms with Crippen LogP contribution in [0.2, 0.25) is 0 Å². The van der Waals surface area contributed by atoms with Gasteiger partial charge in [-0.05, 0) is 59.5 Å². The number of rotatable bonds is 6. The van der Waals surface area contributed by atoms with Crippen molar-refractivity contribution < 1.29 is 32.2 Å². The van der Waals surface area contributed by atoms with Crippen molar-refractivity contribution in [2.24, 2.45) is 5.73 Å². The fraction of sp³-hybridized carbons (Fsp3) is 0.172. The van der Waals surface area contributed by atoms with Gasteiger partial charge in [-0.2, -0.15) is 13.2 Å². The van der Waals surface area contributed by atoms with Gasteiger partial charge in [0.2, 0.25) is 5.91 Å². The summed E-state index contributed by atoms with van der Waals surface area (Å²) in [5.74, 6) is 1.42. The second-order valence-electron chi connectivity index (χ2n) is 8.84. The van der Waals surface area contributed by atoms with Gasteiger partial charge >= 0.3 is 6.18 Å². The highest BCUT2D eigenvalue weighted by atomic mass is 19.4. The van der Waals surface area contributed by atoms with Crippen LogP contribution in [0.4, 0.5) is 13.2 Å². The molecule has 1 atom stereocenters. The Kier molecular flexibility index (Phi) is 6.22. The number of aromatic nitrogens is 1. The number of benzene rings is 3. The molecule has 0 aliphatic heterocycles. The minimum Gasteiger partial charge on any atom is -0.493 e. The van der Waals surface area contributed by atoms with E-state index in [4.69, 9.17) is 19.9 Å². The number of methoxy groups -OCH3 is 2. The molecule has 4 aromatic rings. The zero-order valence-electron chi connectivity index (χ0n) is 20.5. The number of amides is 1. The molecule has 38 heavy (non-hydrogen) atoms. The van der Waals surface area contributed by atoms with Gasteiger partial charge in [-0.3, -0.25) is 9.78 Å². The van der Waals surface area contributed by atoms with Gasteiger partial charge in [0.25, 0.3) is 0 Å². The van der Waals surface area contributed by atoms with Crippen LogP contribution in [0.3, 0.4) is 0 Å². The molecule has 1 heterocycles. The Morgan fingerprint density at radius 1 is 0.947 bits per heavy atom. The molecule has 1 aliphatic rings. The summed E-state index contributed by atoms with van der Waals surface area (Å²) in [6, 6.07) is 15.0. The van der Waals surface area contributed by atoms with E-state index in [1.807, 2.05) is 6.08 Å². The summed E-state index contributed by atoms with van der Waals surface area (Å²) >= 11 is 0. The summed E-state index contributed by atoms with van der Waals surface area (Å²) in [6.07, 6.45) is 0.975. The number of allylic oxidation sites excluding steroid dienone is 1. The van der Waals surface area contributed by atoms with Gasteiger partial charge in [-0.1, -0.05) is 30.4 Å². The molecule has 2 N–H and O–H groups in total. The van der Waals surface area contributed by atoms with Crippen LogP contribution in [-0.2, 0) is 16.4 Å². The number of nitrogens with zero attached hydrogens (tertiary/aromatic N) is 1. The fourth-order valence-electron chi connectivity index (χ4n) is 4.86. The molecule has 0 fully saturated rings. The lowest BCUT2D eigenvalue weighted by molar-refractivity contribution is -0.137. The van der Waals surface area contributed by atoms with Crippen molar-refractivity contribution in [1.29, 1.82) is 0 Å². The molecule has 0 radical (unpaired) electrons. The zero-order chi connectivity index (χ0) is 27.1. The Morgan fingerprint density at radius 2 is 1.66 bits per heavy atom. The third-order valence-corrected chi connectivity index (χ3v) is 6.76. The first kappa shape index (κ1) is 25.1. The van der Waals surface area contributed by atoms with Crippen molar-refractivity contribution in [2.75, 3.05) is 14.2 Å². The van der Waals surface area contributed by atoms with Crippen molar-refractivity contribution in [3.63, 3.8) is 0 Å². The predicted octanol–water partition coefficient (Wildman–Crippen LogP) is 6.25. The second kappa shape index (κ2) is 9.41. The van der Waals surface area contributed by atoms with Gasteiger partial charge < -0.3 is 19.9 Å². The molecular weight excluding hydrogens is 497 g/mol. The topological polar surface area (TPSA) is 83.7 Å². The molecule has 1 aromatic heterocycles. The first-order chi connectivity index (χ1) is 18.2. The number of primary amides is 1. The van der Waals surface area contributed by atoms with Crippen LogP contribution < -0.4 is 19.9 Å². The predicted molar refractivity (Wildman–Crippen MR) is 136 cm³/mol. The Labute approximate surface area is 216 Å². The van der Waals surface area contributed by atoms with Crippen molar-refractivity contribution in [2.45, 2.75) is 18.0 Å². The third kappa shape index (κ3) is 4.19. The Bertz CT molecular complexity index is 1570. The van der Waals surface area contributed by atoms with E-state index in [9.17, 15) is 18.0 Å². The molecule has 6 nitrogen and oxygen atoms in total. The summed E-state index contributed by atoms with van der Waals surface area (Å²) in [4.78, 5) is 17.2. The summed E-state index contributed by atoms with van der Waals surface area (Å²) in [5.41, 5.74) is 6.07. The highest BCUT2D eigenvalue weighted by Crippen LogP contribution is 2.44. The SMILES string of the molecule is COc1cc2nccc(Oc3ccc4c(c3)C=CCC4(C(N)=O)c3ccc(C(F)(F)F)cc3)c2cc1OC. The average molecular weight is 521 g/mol. The van der Waals surface area contributed by atoms with E-state index in [1.165, 1.54) is 19.2 Å². The van der Waals surface area contributed by atoms with E-state index < -0.39 is 23.1 Å². The lowest BCUT2D eigenvalue weighted by Gasteiger charge is -2.35. The van der Waals surface area contributed by atoms with E-state index in [0.717, 1.165) is 12.1 Å². The minimum atomic E-state index is -4.48. The zero-order valence-corrected chi connectivity index (χ0v) is 20.5. The maximum absolute atomic E-state index is 13.1. The molecule has 0 spiro atoms. The van der Waals surface area contributed by atoms with Gasteiger partial charge in [0, 0.05) is 17.6 Å². The largest absolute Gasteiger partial charge is 0.493 e. The highest BCUT2D eigenvalue weighted by molar-refractivity contribution is 5.93. The maximum Gasteiger partial charge on any atom is 0.416 e. The number of hydrogen-bond donors (Lipinski definition) is 1. The molecule has 194 valence electrons. The second-order valence-corrected chi connectivity index (χ2v) is 8.84. The van der Waals surface area contributed by atoms with E-state index in [1.54, 1.807) is 55.8 Å². The van der Waals surface area contributed by atoms with E-state index in [-0.39, 0.29) is 6.42 Å². The van der Waals surface area contributed by atoms with Crippen LogP contribution >= 0.6 is 0 Å². The van der Waals surface area contributed by atoms with Crippen molar-refractivity contribution in [3.05, 3.63) is 95.2 Å². The van der Waals surface area contributed by atoms with Gasteiger partial charge in [-0.25, -0.2) is 0 Å². The van der Waals surface area contributed by atoms with Gasteiger partial charge in [-0.15, -0.1) is 0 Å². The third-order valence-electron chi connectivity index (χ3n) is 6.76. The standard InChI is InChI=1S/C29H23F3N2O4/c1-36-25-15-21-23(16-26(25)37-2)34-13-11-24(21)38-20-9-10-22-17(14-20)4-3-12-28(22,27(33)35)18-5-7-19(8-6-18)29(30,31)32/h3-11,13-16H,12H2,1-2H3,(H2,33,35). The van der Waals surface area contributed by atoms with E-state index >= 15 is 0 Å². The van der Waals surface area contributed by atoms with Crippen molar-refractivity contribution in [3.8, 4) is 23.0 Å². The molecule has 5 rings (SSSR count). The number of pyridine rings is 1. The number of carbonyl (C=O) groups is 1. The number of nitrogens with two attached hydrogens (primary N) is 1. The summed E-state index contributed by atoms with van der Waals surface area (Å²) in [5, 5.41) is 0.703. The Hall–Kier alpha value is -4.53. The molecular formula is C29H23F3N2O4. The first-order valence-corrected chi connectivity index (χ1v) is 11.6. The van der Waals surface area contributed by atoms with Crippen LogP contribution in [0.15, 0.2) is 72.9 Å². The van der Waals surface area contributed by atoms with Crippen LogP contribution in [0.1, 0.15) is 28.7 Å². The average Bonchev–Trinajstić information content (AvgIpc) is 2.91. The maximum atomic E-state index is 13.1. The molecule has 0 saturated heterocycles. The monoisotopic (exact) mass is 520 g/mol. The van der Waals surface area contributed by atoms with E-state index in [0.29, 0.717) is 50.6 Å². The quantitative estimate of drug-likeness (QED) is 0.325. The number of ether oxygens (including phenoxy) is 3. The summed E-state index contributed by atoms with van der Waals surface area (Å²) < 4.78 is 56.3. The molecule has 3 aromatic carbocycles. The van der Waals surface area contributed by atoms with E-state index in [2.05, 4.69) is 4.98 Å². The number of halogens is 3. The summed E-state index contributed by atoms with van der Waals surface area (Å²) in [6.45, 7) is 0. The van der Waals surface area contributed by atoms with Gasteiger partial charge in [0.15, 0.2) is 11.5 Å². The molecule has 1 aliphatic carbocycles. The van der Waals surface area contributed by atoms with Crippen molar-refractivity contribution >= 4 is 22.9 Å². The molecule has 1 unspecified atom stereocenters. The van der Waals surface area contributed by atoms with Crippen molar-refractivity contribution in [1.82, 2.24) is 4.98 Å². The van der Waals surface area contributed by atoms with Crippen LogP contribution in [-0.4, -0.2) is 25.1 Å².